The molecular weight excluding hydrogens is 202 g/mol. The van der Waals surface area contributed by atoms with E-state index in [-0.39, 0.29) is 11.8 Å². The highest BCUT2D eigenvalue weighted by molar-refractivity contribution is 5.77. The van der Waals surface area contributed by atoms with Crippen LogP contribution in [0.15, 0.2) is 30.3 Å². The highest BCUT2D eigenvalue weighted by atomic mass is 16.5. The second kappa shape index (κ2) is 6.16. The number of carbonyl (C=O) groups is 1. The molecule has 1 rings (SSSR count). The summed E-state index contributed by atoms with van der Waals surface area (Å²) in [5, 5.41) is 0. The minimum absolute atomic E-state index is 0.0433. The molecule has 0 spiro atoms. The maximum atomic E-state index is 11.6. The average Bonchev–Trinajstić information content (AvgIpc) is 2.29. The van der Waals surface area contributed by atoms with Gasteiger partial charge in [0.1, 0.15) is 12.4 Å². The third-order valence-corrected chi connectivity index (χ3v) is 2.31. The van der Waals surface area contributed by atoms with Crippen LogP contribution in [0.1, 0.15) is 13.8 Å². The van der Waals surface area contributed by atoms with E-state index in [9.17, 15) is 4.79 Å². The lowest BCUT2D eigenvalue weighted by molar-refractivity contribution is -0.133. The fourth-order valence-electron chi connectivity index (χ4n) is 1.37. The molecule has 1 aromatic rings. The van der Waals surface area contributed by atoms with E-state index in [4.69, 9.17) is 4.74 Å². The van der Waals surface area contributed by atoms with Crippen LogP contribution in [-0.4, -0.2) is 31.0 Å². The minimum Gasteiger partial charge on any atom is -0.492 e. The van der Waals surface area contributed by atoms with Crippen LogP contribution < -0.4 is 4.74 Å². The predicted octanol–water partition coefficient (Wildman–Crippen LogP) is 2.18. The maximum absolute atomic E-state index is 11.6. The molecule has 0 saturated carbocycles. The fraction of sp³-hybridized carbons (Fsp3) is 0.462. The van der Waals surface area contributed by atoms with Gasteiger partial charge in [0, 0.05) is 13.0 Å². The number of carbonyl (C=O) groups excluding carboxylic acids is 1. The number of benzene rings is 1. The van der Waals surface area contributed by atoms with Crippen LogP contribution in [0.25, 0.3) is 0 Å². The van der Waals surface area contributed by atoms with Gasteiger partial charge in [-0.3, -0.25) is 4.79 Å². The molecule has 0 aliphatic heterocycles. The molecule has 1 aromatic carbocycles. The zero-order valence-electron chi connectivity index (χ0n) is 10.1. The predicted molar refractivity (Wildman–Crippen MR) is 64.4 cm³/mol. The van der Waals surface area contributed by atoms with Crippen LogP contribution in [-0.2, 0) is 4.79 Å². The molecule has 16 heavy (non-hydrogen) atoms. The van der Waals surface area contributed by atoms with E-state index in [1.807, 2.05) is 44.2 Å². The van der Waals surface area contributed by atoms with Gasteiger partial charge in [0.25, 0.3) is 0 Å². The Labute approximate surface area is 97.0 Å². The molecule has 0 N–H and O–H groups in total. The van der Waals surface area contributed by atoms with Crippen LogP contribution in [0.3, 0.4) is 0 Å². The summed E-state index contributed by atoms with van der Waals surface area (Å²) in [7, 11) is 1.80. The molecule has 1 amide bonds. The highest BCUT2D eigenvalue weighted by Gasteiger charge is 2.12. The smallest absolute Gasteiger partial charge is 0.224 e. The van der Waals surface area contributed by atoms with Crippen LogP contribution in [0.2, 0.25) is 0 Å². The zero-order chi connectivity index (χ0) is 12.0. The Bertz CT molecular complexity index is 322. The number of likely N-dealkylation sites (N-methyl/N-ethyl adjacent to an activating group) is 1. The molecule has 0 unspecified atom stereocenters. The summed E-state index contributed by atoms with van der Waals surface area (Å²) in [6.45, 7) is 4.94. The summed E-state index contributed by atoms with van der Waals surface area (Å²) in [5.74, 6) is 1.03. The van der Waals surface area contributed by atoms with Crippen LogP contribution in [0.4, 0.5) is 0 Å². The van der Waals surface area contributed by atoms with Crippen LogP contribution >= 0.6 is 0 Å². The first kappa shape index (κ1) is 12.6. The van der Waals surface area contributed by atoms with Crippen molar-refractivity contribution in [2.24, 2.45) is 5.92 Å². The van der Waals surface area contributed by atoms with Crippen molar-refractivity contribution in [3.8, 4) is 5.75 Å². The number of rotatable bonds is 5. The summed E-state index contributed by atoms with van der Waals surface area (Å²) >= 11 is 0. The molecule has 0 atom stereocenters. The van der Waals surface area contributed by atoms with E-state index in [0.717, 1.165) is 5.75 Å². The summed E-state index contributed by atoms with van der Waals surface area (Å²) in [4.78, 5) is 13.3. The van der Waals surface area contributed by atoms with Crippen molar-refractivity contribution in [2.75, 3.05) is 20.2 Å². The summed E-state index contributed by atoms with van der Waals surface area (Å²) in [5.41, 5.74) is 0. The Morgan fingerprint density at radius 2 is 1.94 bits per heavy atom. The third kappa shape index (κ3) is 3.93. The SMILES string of the molecule is CC(C)C(=O)N(C)CCOc1ccccc1. The van der Waals surface area contributed by atoms with Crippen molar-refractivity contribution < 1.29 is 9.53 Å². The van der Waals surface area contributed by atoms with Crippen molar-refractivity contribution >= 4 is 5.91 Å². The van der Waals surface area contributed by atoms with Crippen molar-refractivity contribution in [3.05, 3.63) is 30.3 Å². The molecule has 0 heterocycles. The molecule has 3 heteroatoms. The van der Waals surface area contributed by atoms with Crippen molar-refractivity contribution in [2.45, 2.75) is 13.8 Å². The van der Waals surface area contributed by atoms with Gasteiger partial charge in [-0.1, -0.05) is 32.0 Å². The lowest BCUT2D eigenvalue weighted by Gasteiger charge is -2.19. The first-order valence-corrected chi connectivity index (χ1v) is 5.54. The quantitative estimate of drug-likeness (QED) is 0.762. The molecule has 88 valence electrons. The molecule has 0 bridgehead atoms. The number of para-hydroxylation sites is 1. The highest BCUT2D eigenvalue weighted by Crippen LogP contribution is 2.08. The molecule has 0 aliphatic rings. The van der Waals surface area contributed by atoms with Gasteiger partial charge in [0.05, 0.1) is 6.54 Å². The topological polar surface area (TPSA) is 29.5 Å². The first-order chi connectivity index (χ1) is 7.61. The van der Waals surface area contributed by atoms with Crippen LogP contribution in [0.5, 0.6) is 5.75 Å². The van der Waals surface area contributed by atoms with Gasteiger partial charge in [-0.25, -0.2) is 0 Å². The Balaban J connectivity index is 2.28. The largest absolute Gasteiger partial charge is 0.492 e. The Morgan fingerprint density at radius 1 is 1.31 bits per heavy atom. The van der Waals surface area contributed by atoms with Gasteiger partial charge in [-0.15, -0.1) is 0 Å². The van der Waals surface area contributed by atoms with Gasteiger partial charge >= 0.3 is 0 Å². The lowest BCUT2D eigenvalue weighted by Crippen LogP contribution is -2.33. The Kier molecular flexibility index (Phi) is 4.83. The van der Waals surface area contributed by atoms with Crippen molar-refractivity contribution in [1.29, 1.82) is 0 Å². The van der Waals surface area contributed by atoms with Crippen molar-refractivity contribution in [3.63, 3.8) is 0 Å². The van der Waals surface area contributed by atoms with E-state index in [1.165, 1.54) is 0 Å². The second-order valence-electron chi connectivity index (χ2n) is 4.08. The lowest BCUT2D eigenvalue weighted by atomic mass is 10.2. The first-order valence-electron chi connectivity index (χ1n) is 5.54. The standard InChI is InChI=1S/C13H19NO2/c1-11(2)13(15)14(3)9-10-16-12-7-5-4-6-8-12/h4-8,11H,9-10H2,1-3H3. The van der Waals surface area contributed by atoms with Gasteiger partial charge in [-0.05, 0) is 12.1 Å². The Morgan fingerprint density at radius 3 is 2.50 bits per heavy atom. The molecule has 0 aromatic heterocycles. The average molecular weight is 221 g/mol. The monoisotopic (exact) mass is 221 g/mol. The molecular formula is C13H19NO2. The summed E-state index contributed by atoms with van der Waals surface area (Å²) in [6.07, 6.45) is 0. The minimum atomic E-state index is 0.0433. The van der Waals surface area contributed by atoms with E-state index in [1.54, 1.807) is 11.9 Å². The fourth-order valence-corrected chi connectivity index (χ4v) is 1.37. The number of ether oxygens (including phenoxy) is 1. The summed E-state index contributed by atoms with van der Waals surface area (Å²) in [6, 6.07) is 9.62. The van der Waals surface area contributed by atoms with E-state index < -0.39 is 0 Å². The Hall–Kier alpha value is -1.51. The van der Waals surface area contributed by atoms with E-state index in [2.05, 4.69) is 0 Å². The molecule has 0 saturated heterocycles. The van der Waals surface area contributed by atoms with Gasteiger partial charge in [-0.2, -0.15) is 0 Å². The summed E-state index contributed by atoms with van der Waals surface area (Å²) < 4.78 is 5.51. The molecule has 0 radical (unpaired) electrons. The van der Waals surface area contributed by atoms with Crippen LogP contribution in [0, 0.1) is 5.92 Å². The van der Waals surface area contributed by atoms with Crippen molar-refractivity contribution in [1.82, 2.24) is 4.90 Å². The number of nitrogens with zero attached hydrogens (tertiary/aromatic N) is 1. The van der Waals surface area contributed by atoms with Gasteiger partial charge in [0.2, 0.25) is 5.91 Å². The number of hydrogen-bond donors (Lipinski definition) is 0. The normalized spacial score (nSPS) is 10.2. The zero-order valence-corrected chi connectivity index (χ0v) is 10.1. The third-order valence-electron chi connectivity index (χ3n) is 2.31. The van der Waals surface area contributed by atoms with E-state index >= 15 is 0 Å². The maximum Gasteiger partial charge on any atom is 0.224 e. The molecule has 0 aliphatic carbocycles. The second-order valence-corrected chi connectivity index (χ2v) is 4.08. The number of hydrogen-bond acceptors (Lipinski definition) is 2. The van der Waals surface area contributed by atoms with Gasteiger partial charge in [0.15, 0.2) is 0 Å². The molecule has 0 fully saturated rings. The number of amides is 1. The van der Waals surface area contributed by atoms with Gasteiger partial charge < -0.3 is 9.64 Å². The van der Waals surface area contributed by atoms with E-state index in [0.29, 0.717) is 13.2 Å². The molecule has 3 nitrogen and oxygen atoms in total.